The van der Waals surface area contributed by atoms with Gasteiger partial charge in [-0.25, -0.2) is 4.79 Å². The van der Waals surface area contributed by atoms with Gasteiger partial charge in [-0.05, 0) is 38.5 Å². The van der Waals surface area contributed by atoms with Crippen LogP contribution >= 0.6 is 27.7 Å². The number of carbonyl (C=O) groups excluding carboxylic acids is 1. The van der Waals surface area contributed by atoms with Gasteiger partial charge in [0.15, 0.2) is 0 Å². The lowest BCUT2D eigenvalue weighted by molar-refractivity contribution is 0.0531. The first-order chi connectivity index (χ1) is 8.87. The van der Waals surface area contributed by atoms with Gasteiger partial charge in [-0.1, -0.05) is 28.1 Å². The molecule has 1 rings (SSSR count). The van der Waals surface area contributed by atoms with Gasteiger partial charge < -0.3 is 10.1 Å². The summed E-state index contributed by atoms with van der Waals surface area (Å²) in [5, 5.41) is 2.75. The van der Waals surface area contributed by atoms with E-state index in [9.17, 15) is 4.79 Å². The highest BCUT2D eigenvalue weighted by Gasteiger charge is 2.15. The van der Waals surface area contributed by atoms with Gasteiger partial charge in [0.25, 0.3) is 0 Å². The van der Waals surface area contributed by atoms with Crippen molar-refractivity contribution in [2.24, 2.45) is 0 Å². The molecule has 0 bridgehead atoms. The molecule has 0 fully saturated rings. The van der Waals surface area contributed by atoms with Crippen molar-refractivity contribution in [3.05, 3.63) is 34.3 Å². The molecule has 5 heteroatoms. The van der Waals surface area contributed by atoms with E-state index in [0.717, 1.165) is 16.0 Å². The molecule has 1 N–H and O–H groups in total. The predicted molar refractivity (Wildman–Crippen MR) is 84.5 cm³/mol. The Morgan fingerprint density at radius 2 is 1.95 bits per heavy atom. The second-order valence-electron chi connectivity index (χ2n) is 5.11. The minimum absolute atomic E-state index is 0.350. The number of rotatable bonds is 5. The normalized spacial score (nSPS) is 11.2. The minimum atomic E-state index is -0.436. The summed E-state index contributed by atoms with van der Waals surface area (Å²) in [5.74, 6) is 1.82. The van der Waals surface area contributed by atoms with E-state index in [0.29, 0.717) is 6.54 Å². The smallest absolute Gasteiger partial charge is 0.407 e. The zero-order chi connectivity index (χ0) is 14.3. The fourth-order valence-electron chi connectivity index (χ4n) is 1.31. The first-order valence-corrected chi connectivity index (χ1v) is 8.10. The van der Waals surface area contributed by atoms with Gasteiger partial charge in [0.05, 0.1) is 0 Å². The van der Waals surface area contributed by atoms with Crippen LogP contribution in [0.15, 0.2) is 28.7 Å². The van der Waals surface area contributed by atoms with E-state index in [1.54, 1.807) is 11.8 Å². The summed E-state index contributed by atoms with van der Waals surface area (Å²) in [4.78, 5) is 11.4. The lowest BCUT2D eigenvalue weighted by atomic mass is 10.2. The number of amides is 1. The van der Waals surface area contributed by atoms with E-state index < -0.39 is 5.60 Å². The molecule has 1 aromatic carbocycles. The van der Waals surface area contributed by atoms with Crippen LogP contribution in [0, 0.1) is 0 Å². The Balaban J connectivity index is 2.11. The minimum Gasteiger partial charge on any atom is -0.444 e. The van der Waals surface area contributed by atoms with Crippen LogP contribution in [0.2, 0.25) is 0 Å². The molecular weight excluding hydrogens is 326 g/mol. The molecule has 0 saturated heterocycles. The number of hydrogen-bond donors (Lipinski definition) is 1. The molecule has 3 nitrogen and oxygen atoms in total. The molecule has 1 amide bonds. The van der Waals surface area contributed by atoms with E-state index >= 15 is 0 Å². The summed E-state index contributed by atoms with van der Waals surface area (Å²) in [6, 6.07) is 8.26. The number of thioether (sulfide) groups is 1. The van der Waals surface area contributed by atoms with Gasteiger partial charge in [0.2, 0.25) is 0 Å². The second kappa shape index (κ2) is 7.80. The lowest BCUT2D eigenvalue weighted by Crippen LogP contribution is -2.33. The Bertz CT molecular complexity index is 401. The van der Waals surface area contributed by atoms with Crippen molar-refractivity contribution < 1.29 is 9.53 Å². The van der Waals surface area contributed by atoms with E-state index in [-0.39, 0.29) is 6.09 Å². The number of carbonyl (C=O) groups is 1. The second-order valence-corrected chi connectivity index (χ2v) is 7.13. The molecule has 0 unspecified atom stereocenters. The maximum atomic E-state index is 11.4. The van der Waals surface area contributed by atoms with Gasteiger partial charge in [0.1, 0.15) is 5.60 Å². The van der Waals surface area contributed by atoms with Gasteiger partial charge >= 0.3 is 6.09 Å². The van der Waals surface area contributed by atoms with Crippen LogP contribution in [0.1, 0.15) is 26.3 Å². The average molecular weight is 346 g/mol. The van der Waals surface area contributed by atoms with Gasteiger partial charge in [0, 0.05) is 22.5 Å². The number of ether oxygens (including phenoxy) is 1. The predicted octanol–water partition coefficient (Wildman–Crippen LogP) is 4.21. The maximum Gasteiger partial charge on any atom is 0.407 e. The highest BCUT2D eigenvalue weighted by molar-refractivity contribution is 9.10. The molecular formula is C14H20BrNO2S. The first kappa shape index (κ1) is 16.4. The molecule has 0 heterocycles. The van der Waals surface area contributed by atoms with Crippen LogP contribution in [0.3, 0.4) is 0 Å². The Morgan fingerprint density at radius 3 is 2.53 bits per heavy atom. The molecule has 0 aliphatic carbocycles. The van der Waals surface area contributed by atoms with Crippen LogP contribution in [-0.2, 0) is 10.5 Å². The van der Waals surface area contributed by atoms with E-state index in [1.165, 1.54) is 5.56 Å². The highest BCUT2D eigenvalue weighted by Crippen LogP contribution is 2.15. The largest absolute Gasteiger partial charge is 0.444 e. The standard InChI is InChI=1S/C14H20BrNO2S/c1-14(2,3)18-13(17)16-8-9-19-10-11-4-6-12(15)7-5-11/h4-7H,8-10H2,1-3H3,(H,16,17). The highest BCUT2D eigenvalue weighted by atomic mass is 79.9. The monoisotopic (exact) mass is 345 g/mol. The number of benzene rings is 1. The quantitative estimate of drug-likeness (QED) is 0.812. The van der Waals surface area contributed by atoms with Crippen molar-refractivity contribution in [3.8, 4) is 0 Å². The molecule has 19 heavy (non-hydrogen) atoms. The zero-order valence-electron chi connectivity index (χ0n) is 11.5. The fourth-order valence-corrected chi connectivity index (χ4v) is 2.39. The first-order valence-electron chi connectivity index (χ1n) is 6.16. The molecule has 0 saturated carbocycles. The van der Waals surface area contributed by atoms with Crippen LogP contribution in [-0.4, -0.2) is 24.0 Å². The third-order valence-corrected chi connectivity index (χ3v) is 3.66. The number of hydrogen-bond acceptors (Lipinski definition) is 3. The molecule has 0 spiro atoms. The lowest BCUT2D eigenvalue weighted by Gasteiger charge is -2.19. The SMILES string of the molecule is CC(C)(C)OC(=O)NCCSCc1ccc(Br)cc1. The van der Waals surface area contributed by atoms with Gasteiger partial charge in [-0.2, -0.15) is 11.8 Å². The maximum absolute atomic E-state index is 11.4. The number of halogens is 1. The average Bonchev–Trinajstić information content (AvgIpc) is 2.29. The number of alkyl carbamates (subject to hydrolysis) is 1. The topological polar surface area (TPSA) is 38.3 Å². The Labute approximate surface area is 127 Å². The van der Waals surface area contributed by atoms with Crippen LogP contribution in [0.5, 0.6) is 0 Å². The zero-order valence-corrected chi connectivity index (χ0v) is 13.9. The summed E-state index contributed by atoms with van der Waals surface area (Å²) in [7, 11) is 0. The third kappa shape index (κ3) is 8.16. The van der Waals surface area contributed by atoms with Crippen molar-refractivity contribution in [3.63, 3.8) is 0 Å². The number of nitrogens with one attached hydrogen (secondary N) is 1. The van der Waals surface area contributed by atoms with Crippen molar-refractivity contribution in [1.29, 1.82) is 0 Å². The molecule has 1 aromatic rings. The summed E-state index contributed by atoms with van der Waals surface area (Å²) in [6.45, 7) is 6.19. The van der Waals surface area contributed by atoms with Crippen molar-refractivity contribution >= 4 is 33.8 Å². The van der Waals surface area contributed by atoms with Gasteiger partial charge in [-0.3, -0.25) is 0 Å². The molecule has 106 valence electrons. The Morgan fingerprint density at radius 1 is 1.32 bits per heavy atom. The van der Waals surface area contributed by atoms with Crippen molar-refractivity contribution in [2.45, 2.75) is 32.1 Å². The molecule has 0 radical (unpaired) electrons. The van der Waals surface area contributed by atoms with Crippen molar-refractivity contribution in [2.75, 3.05) is 12.3 Å². The van der Waals surface area contributed by atoms with Crippen LogP contribution in [0.4, 0.5) is 4.79 Å². The molecule has 0 aliphatic rings. The third-order valence-electron chi connectivity index (χ3n) is 2.10. The fraction of sp³-hybridized carbons (Fsp3) is 0.500. The van der Waals surface area contributed by atoms with E-state index in [4.69, 9.17) is 4.74 Å². The Kier molecular flexibility index (Phi) is 6.72. The van der Waals surface area contributed by atoms with Gasteiger partial charge in [-0.15, -0.1) is 0 Å². The van der Waals surface area contributed by atoms with E-state index in [2.05, 4.69) is 33.4 Å². The summed E-state index contributed by atoms with van der Waals surface area (Å²) in [5.41, 5.74) is 0.847. The van der Waals surface area contributed by atoms with Crippen LogP contribution in [0.25, 0.3) is 0 Å². The molecule has 0 aromatic heterocycles. The van der Waals surface area contributed by atoms with Crippen LogP contribution < -0.4 is 5.32 Å². The summed E-state index contributed by atoms with van der Waals surface area (Å²) < 4.78 is 6.24. The summed E-state index contributed by atoms with van der Waals surface area (Å²) >= 11 is 5.20. The molecule has 0 aliphatic heterocycles. The Hall–Kier alpha value is -0.680. The van der Waals surface area contributed by atoms with Crippen molar-refractivity contribution in [1.82, 2.24) is 5.32 Å². The summed E-state index contributed by atoms with van der Waals surface area (Å²) in [6.07, 6.45) is -0.350. The van der Waals surface area contributed by atoms with E-state index in [1.807, 2.05) is 32.9 Å². The molecule has 0 atom stereocenters.